The molecular weight excluding hydrogens is 997 g/mol. The Hall–Kier alpha value is -3.15. The molecular formula is C75H134O6. The zero-order valence-corrected chi connectivity index (χ0v) is 54.1. The van der Waals surface area contributed by atoms with Gasteiger partial charge in [0.1, 0.15) is 13.2 Å². The molecule has 1 atom stereocenters. The Balaban J connectivity index is 4.31. The molecule has 6 nitrogen and oxygen atoms in total. The smallest absolute Gasteiger partial charge is 0.306 e. The molecule has 0 heterocycles. The van der Waals surface area contributed by atoms with Gasteiger partial charge in [0.05, 0.1) is 0 Å². The molecule has 470 valence electrons. The third-order valence-corrected chi connectivity index (χ3v) is 15.7. The van der Waals surface area contributed by atoms with E-state index in [0.29, 0.717) is 19.3 Å². The average molecular weight is 1130 g/mol. The molecule has 81 heavy (non-hydrogen) atoms. The van der Waals surface area contributed by atoms with Crippen LogP contribution in [0.25, 0.3) is 0 Å². The van der Waals surface area contributed by atoms with Gasteiger partial charge in [0, 0.05) is 19.3 Å². The molecule has 0 saturated carbocycles. The number of esters is 3. The van der Waals surface area contributed by atoms with E-state index < -0.39 is 6.10 Å². The highest BCUT2D eigenvalue weighted by atomic mass is 16.6. The Morgan fingerprint density at radius 2 is 0.444 bits per heavy atom. The molecule has 0 fully saturated rings. The van der Waals surface area contributed by atoms with Gasteiger partial charge in [0.25, 0.3) is 0 Å². The van der Waals surface area contributed by atoms with Crippen LogP contribution >= 0.6 is 0 Å². The molecule has 0 aromatic carbocycles. The van der Waals surface area contributed by atoms with Crippen molar-refractivity contribution in [2.45, 2.75) is 374 Å². The fourth-order valence-corrected chi connectivity index (χ4v) is 10.3. The predicted molar refractivity (Wildman–Crippen MR) is 353 cm³/mol. The van der Waals surface area contributed by atoms with E-state index in [9.17, 15) is 14.4 Å². The van der Waals surface area contributed by atoms with Crippen molar-refractivity contribution >= 4 is 17.9 Å². The van der Waals surface area contributed by atoms with Gasteiger partial charge >= 0.3 is 17.9 Å². The highest BCUT2D eigenvalue weighted by Gasteiger charge is 2.19. The van der Waals surface area contributed by atoms with Crippen LogP contribution in [0.4, 0.5) is 0 Å². The number of carbonyl (C=O) groups is 3. The Morgan fingerprint density at radius 1 is 0.247 bits per heavy atom. The fraction of sp³-hybridized carbons (Fsp3) is 0.800. The number of carbonyl (C=O) groups excluding carboxylic acids is 3. The van der Waals surface area contributed by atoms with E-state index >= 15 is 0 Å². The summed E-state index contributed by atoms with van der Waals surface area (Å²) in [6.45, 7) is 6.64. The van der Waals surface area contributed by atoms with Crippen molar-refractivity contribution in [2.75, 3.05) is 13.2 Å². The lowest BCUT2D eigenvalue weighted by atomic mass is 10.0. The molecule has 0 rings (SSSR count). The number of hydrogen-bond acceptors (Lipinski definition) is 6. The maximum Gasteiger partial charge on any atom is 0.306 e. The van der Waals surface area contributed by atoms with Crippen molar-refractivity contribution in [1.29, 1.82) is 0 Å². The molecule has 0 amide bonds. The summed E-state index contributed by atoms with van der Waals surface area (Å²) in [5.41, 5.74) is 0. The zero-order valence-electron chi connectivity index (χ0n) is 54.1. The Bertz CT molecular complexity index is 1490. The first-order valence-corrected chi connectivity index (χ1v) is 35.4. The van der Waals surface area contributed by atoms with E-state index in [1.165, 1.54) is 238 Å². The Labute approximate surface area is 503 Å². The maximum atomic E-state index is 12.9. The first-order valence-electron chi connectivity index (χ1n) is 35.4. The molecule has 0 aliphatic rings. The molecule has 0 bridgehead atoms. The van der Waals surface area contributed by atoms with Gasteiger partial charge in [-0.05, 0) is 116 Å². The molecule has 0 aromatic rings. The zero-order chi connectivity index (χ0) is 58.5. The van der Waals surface area contributed by atoms with E-state index in [0.717, 1.165) is 89.9 Å². The molecule has 0 aliphatic heterocycles. The van der Waals surface area contributed by atoms with Crippen LogP contribution in [0.5, 0.6) is 0 Å². The summed E-state index contributed by atoms with van der Waals surface area (Å²) < 4.78 is 17.0. The van der Waals surface area contributed by atoms with Gasteiger partial charge in [-0.15, -0.1) is 0 Å². The lowest BCUT2D eigenvalue weighted by molar-refractivity contribution is -0.167. The van der Waals surface area contributed by atoms with E-state index in [2.05, 4.69) is 93.7 Å². The number of allylic oxidation sites excluding steroid dienone is 12. The summed E-state index contributed by atoms with van der Waals surface area (Å²) in [7, 11) is 0. The van der Waals surface area contributed by atoms with E-state index in [1.54, 1.807) is 0 Å². The highest BCUT2D eigenvalue weighted by Crippen LogP contribution is 2.17. The van der Waals surface area contributed by atoms with Crippen LogP contribution in [-0.2, 0) is 28.6 Å². The molecule has 6 heteroatoms. The molecule has 0 saturated heterocycles. The monoisotopic (exact) mass is 1130 g/mol. The summed E-state index contributed by atoms with van der Waals surface area (Å²) in [5.74, 6) is -0.875. The number of ether oxygens (including phenoxy) is 3. The van der Waals surface area contributed by atoms with Crippen molar-refractivity contribution in [3.63, 3.8) is 0 Å². The number of rotatable bonds is 65. The van der Waals surface area contributed by atoms with Gasteiger partial charge in [0.15, 0.2) is 6.10 Å². The summed E-state index contributed by atoms with van der Waals surface area (Å²) in [5, 5.41) is 0. The largest absolute Gasteiger partial charge is 0.462 e. The molecule has 0 spiro atoms. The summed E-state index contributed by atoms with van der Waals surface area (Å²) in [4.78, 5) is 38.5. The van der Waals surface area contributed by atoms with E-state index in [1.807, 2.05) is 0 Å². The van der Waals surface area contributed by atoms with Gasteiger partial charge < -0.3 is 14.2 Å². The fourth-order valence-electron chi connectivity index (χ4n) is 10.3. The van der Waals surface area contributed by atoms with Crippen molar-refractivity contribution in [2.24, 2.45) is 0 Å². The summed E-state index contributed by atoms with van der Waals surface area (Å²) >= 11 is 0. The Morgan fingerprint density at radius 3 is 0.691 bits per heavy atom. The van der Waals surface area contributed by atoms with Crippen molar-refractivity contribution in [1.82, 2.24) is 0 Å². The van der Waals surface area contributed by atoms with Crippen molar-refractivity contribution < 1.29 is 28.6 Å². The first-order chi connectivity index (χ1) is 40.0. The van der Waals surface area contributed by atoms with Crippen molar-refractivity contribution in [3.05, 3.63) is 72.9 Å². The van der Waals surface area contributed by atoms with Crippen LogP contribution in [0.15, 0.2) is 72.9 Å². The van der Waals surface area contributed by atoms with Crippen LogP contribution in [0.3, 0.4) is 0 Å². The van der Waals surface area contributed by atoms with Crippen molar-refractivity contribution in [3.8, 4) is 0 Å². The van der Waals surface area contributed by atoms with Crippen LogP contribution in [0.2, 0.25) is 0 Å². The second-order valence-corrected chi connectivity index (χ2v) is 23.8. The van der Waals surface area contributed by atoms with E-state index in [-0.39, 0.29) is 31.1 Å². The minimum atomic E-state index is -0.785. The maximum absolute atomic E-state index is 12.9. The minimum absolute atomic E-state index is 0.0788. The molecule has 0 N–H and O–H groups in total. The van der Waals surface area contributed by atoms with Gasteiger partial charge in [-0.2, -0.15) is 0 Å². The lowest BCUT2D eigenvalue weighted by Gasteiger charge is -2.18. The van der Waals surface area contributed by atoms with Gasteiger partial charge in [-0.3, -0.25) is 14.4 Å². The molecule has 0 aliphatic carbocycles. The van der Waals surface area contributed by atoms with Gasteiger partial charge in [-0.25, -0.2) is 0 Å². The van der Waals surface area contributed by atoms with Gasteiger partial charge in [0.2, 0.25) is 0 Å². The average Bonchev–Trinajstić information content (AvgIpc) is 3.47. The highest BCUT2D eigenvalue weighted by molar-refractivity contribution is 5.71. The standard InChI is InChI=1S/C75H134O6/c1-4-7-10-13-16-19-22-25-28-31-34-35-36-37-38-39-40-41-42-45-47-50-53-56-59-62-65-68-74(77)80-71-72(81-75(78)69-66-63-60-57-54-51-48-44-33-30-27-24-21-18-15-12-9-6-3)70-79-73(76)67-64-61-58-55-52-49-46-43-32-29-26-23-20-17-14-11-8-5-2/h20-25,29-34,72H,4-19,26-28,35-71H2,1-3H3/b23-20-,24-21-,25-22-,32-29-,33-30-,34-31-. The third kappa shape index (κ3) is 67.5. The topological polar surface area (TPSA) is 78.9 Å². The molecule has 0 radical (unpaired) electrons. The molecule has 0 aromatic heterocycles. The third-order valence-electron chi connectivity index (χ3n) is 15.7. The quantitative estimate of drug-likeness (QED) is 0.0261. The summed E-state index contributed by atoms with van der Waals surface area (Å²) in [6.07, 6.45) is 90.6. The number of unbranched alkanes of at least 4 members (excludes halogenated alkanes) is 42. The van der Waals surface area contributed by atoms with Gasteiger partial charge in [-0.1, -0.05) is 306 Å². The van der Waals surface area contributed by atoms with Crippen LogP contribution in [-0.4, -0.2) is 37.2 Å². The normalized spacial score (nSPS) is 12.5. The van der Waals surface area contributed by atoms with Crippen LogP contribution in [0.1, 0.15) is 367 Å². The van der Waals surface area contributed by atoms with Crippen LogP contribution < -0.4 is 0 Å². The second-order valence-electron chi connectivity index (χ2n) is 23.8. The van der Waals surface area contributed by atoms with E-state index in [4.69, 9.17) is 14.2 Å². The number of hydrogen-bond donors (Lipinski definition) is 0. The first kappa shape index (κ1) is 77.9. The SMILES string of the molecule is CCCCCC/C=C\C/C=C\CCCCCCCCCC(=O)OCC(COC(=O)CCCCCCCCCCCCCCCCC/C=C\C/C=C\CCCCCCC)OC(=O)CCCCCCCCC/C=C\C/C=C\CCCCCC. The van der Waals surface area contributed by atoms with Crippen LogP contribution in [0, 0.1) is 0 Å². The second kappa shape index (κ2) is 69.3. The minimum Gasteiger partial charge on any atom is -0.462 e. The lowest BCUT2D eigenvalue weighted by Crippen LogP contribution is -2.30. The Kier molecular flexibility index (Phi) is 66.6. The predicted octanol–water partition coefficient (Wildman–Crippen LogP) is 24.4. The molecule has 1 unspecified atom stereocenters. The summed E-state index contributed by atoms with van der Waals surface area (Å²) in [6, 6.07) is 0.